The number of benzene rings is 3. The highest BCUT2D eigenvalue weighted by Crippen LogP contribution is 2.42. The van der Waals surface area contributed by atoms with Crippen molar-refractivity contribution in [1.82, 2.24) is 9.97 Å². The van der Waals surface area contributed by atoms with E-state index in [1.165, 1.54) is 0 Å². The molecule has 0 spiro atoms. The quantitative estimate of drug-likeness (QED) is 0.468. The number of hydrogen-bond acceptors (Lipinski definition) is 6. The number of nitrogens with zero attached hydrogens (tertiary/aromatic N) is 2. The van der Waals surface area contributed by atoms with E-state index < -0.39 is 0 Å². The third-order valence-electron chi connectivity index (χ3n) is 5.60. The van der Waals surface area contributed by atoms with Crippen molar-refractivity contribution in [3.8, 4) is 11.5 Å². The Balaban J connectivity index is 1.47. The highest BCUT2D eigenvalue weighted by Gasteiger charge is 2.34. The van der Waals surface area contributed by atoms with Gasteiger partial charge in [-0.2, -0.15) is 0 Å². The smallest absolute Gasteiger partial charge is 0.270 e. The number of methoxy groups -OCH3 is 1. The van der Waals surface area contributed by atoms with E-state index in [-0.39, 0.29) is 22.6 Å². The summed E-state index contributed by atoms with van der Waals surface area (Å²) in [7, 11) is 1.62. The summed E-state index contributed by atoms with van der Waals surface area (Å²) in [6.07, 6.45) is 0.355. The molecule has 5 rings (SSSR count). The lowest BCUT2D eigenvalue weighted by Gasteiger charge is -2.24. The summed E-state index contributed by atoms with van der Waals surface area (Å²) >= 11 is 1.56. The summed E-state index contributed by atoms with van der Waals surface area (Å²) < 4.78 is 5.24. The molecular weight excluding hydrogens is 438 g/mol. The molecule has 1 saturated heterocycles. The van der Waals surface area contributed by atoms with Crippen LogP contribution >= 0.6 is 11.8 Å². The molecule has 2 N–H and O–H groups in total. The minimum Gasteiger partial charge on any atom is -0.508 e. The van der Waals surface area contributed by atoms with Gasteiger partial charge in [-0.05, 0) is 53.6 Å². The Morgan fingerprint density at radius 2 is 1.85 bits per heavy atom. The van der Waals surface area contributed by atoms with Gasteiger partial charge in [0.2, 0.25) is 5.91 Å². The molecule has 1 aliphatic rings. The maximum Gasteiger partial charge on any atom is 0.270 e. The zero-order chi connectivity index (χ0) is 22.9. The molecule has 0 radical (unpaired) electrons. The molecule has 4 aromatic rings. The second kappa shape index (κ2) is 8.63. The molecule has 1 unspecified atom stereocenters. The lowest BCUT2D eigenvalue weighted by Crippen LogP contribution is -2.28. The van der Waals surface area contributed by atoms with Gasteiger partial charge in [-0.3, -0.25) is 14.5 Å². The van der Waals surface area contributed by atoms with Crippen LogP contribution in [0.4, 0.5) is 5.69 Å². The summed E-state index contributed by atoms with van der Waals surface area (Å²) in [4.78, 5) is 34.6. The number of carbonyl (C=O) groups is 1. The summed E-state index contributed by atoms with van der Waals surface area (Å²) in [5, 5.41) is 9.29. The maximum atomic E-state index is 12.7. The largest absolute Gasteiger partial charge is 0.508 e. The van der Waals surface area contributed by atoms with Crippen LogP contribution in [0, 0.1) is 0 Å². The minimum absolute atomic E-state index is 0.0134. The van der Waals surface area contributed by atoms with Crippen molar-refractivity contribution >= 4 is 34.4 Å². The van der Waals surface area contributed by atoms with Crippen LogP contribution in [0.15, 0.2) is 71.5 Å². The molecule has 0 aliphatic carbocycles. The highest BCUT2D eigenvalue weighted by atomic mass is 32.2. The summed E-state index contributed by atoms with van der Waals surface area (Å²) in [5.74, 6) is 1.33. The van der Waals surface area contributed by atoms with Gasteiger partial charge < -0.3 is 14.8 Å². The number of ether oxygens (including phenoxy) is 1. The van der Waals surface area contributed by atoms with Gasteiger partial charge in [-0.15, -0.1) is 11.8 Å². The van der Waals surface area contributed by atoms with Crippen molar-refractivity contribution < 1.29 is 14.6 Å². The fourth-order valence-corrected chi connectivity index (χ4v) is 5.08. The van der Waals surface area contributed by atoms with E-state index in [0.717, 1.165) is 16.9 Å². The summed E-state index contributed by atoms with van der Waals surface area (Å²) in [6, 6.07) is 19.9. The van der Waals surface area contributed by atoms with E-state index in [9.17, 15) is 14.7 Å². The minimum atomic E-state index is -0.276. The third-order valence-corrected chi connectivity index (χ3v) is 6.81. The molecule has 7 nitrogen and oxygen atoms in total. The van der Waals surface area contributed by atoms with Crippen LogP contribution in [0.25, 0.3) is 11.0 Å². The number of amides is 1. The Kier molecular flexibility index (Phi) is 5.51. The van der Waals surface area contributed by atoms with E-state index in [0.29, 0.717) is 34.6 Å². The number of hydrogen-bond donors (Lipinski definition) is 2. The van der Waals surface area contributed by atoms with Crippen LogP contribution in [-0.4, -0.2) is 33.8 Å². The number of H-pyrrole nitrogens is 1. The Morgan fingerprint density at radius 3 is 2.58 bits per heavy atom. The molecule has 0 bridgehead atoms. The molecule has 2 heterocycles. The molecule has 1 fully saturated rings. The predicted molar refractivity (Wildman–Crippen MR) is 129 cm³/mol. The lowest BCUT2D eigenvalue weighted by atomic mass is 10.1. The van der Waals surface area contributed by atoms with Gasteiger partial charge in [0.25, 0.3) is 5.56 Å². The van der Waals surface area contributed by atoms with E-state index in [2.05, 4.69) is 9.97 Å². The number of fused-ring (bicyclic) bond motifs is 1. The normalized spacial score (nSPS) is 15.8. The SMILES string of the molecule is COc1ccc(C2SCC(=O)N2c2ccc3nc(Cc4ccc(O)cc4)c(=O)[nH]c3c2)cc1. The van der Waals surface area contributed by atoms with Crippen molar-refractivity contribution in [3.63, 3.8) is 0 Å². The van der Waals surface area contributed by atoms with Crippen LogP contribution in [0.2, 0.25) is 0 Å². The number of rotatable bonds is 5. The Bertz CT molecular complexity index is 1380. The van der Waals surface area contributed by atoms with Gasteiger partial charge in [0.1, 0.15) is 22.6 Å². The van der Waals surface area contributed by atoms with Crippen LogP contribution in [0.1, 0.15) is 22.2 Å². The first kappa shape index (κ1) is 21.1. The van der Waals surface area contributed by atoms with Crippen molar-refractivity contribution in [3.05, 3.63) is 93.9 Å². The molecule has 3 aromatic carbocycles. The standard InChI is InChI=1S/C25H21N3O4S/c1-32-19-9-4-16(5-10-19)25-28(23(30)14-33-25)17-6-11-20-21(13-17)27-24(31)22(26-20)12-15-2-7-18(29)8-3-15/h2-11,13,25,29H,12,14H2,1H3,(H,27,31). The molecule has 1 aromatic heterocycles. The topological polar surface area (TPSA) is 95.5 Å². The van der Waals surface area contributed by atoms with E-state index in [4.69, 9.17) is 4.74 Å². The number of anilines is 1. The van der Waals surface area contributed by atoms with Gasteiger partial charge in [0.05, 0.1) is 23.9 Å². The van der Waals surface area contributed by atoms with Crippen LogP contribution in [0.5, 0.6) is 11.5 Å². The van der Waals surface area contributed by atoms with E-state index in [1.54, 1.807) is 54.1 Å². The number of phenolic OH excluding ortho intramolecular Hbond substituents is 1. The zero-order valence-electron chi connectivity index (χ0n) is 17.8. The Morgan fingerprint density at radius 1 is 1.09 bits per heavy atom. The van der Waals surface area contributed by atoms with Gasteiger partial charge in [-0.1, -0.05) is 24.3 Å². The molecule has 8 heteroatoms. The van der Waals surface area contributed by atoms with Crippen molar-refractivity contribution in [2.45, 2.75) is 11.8 Å². The first-order valence-corrected chi connectivity index (χ1v) is 11.5. The number of aromatic hydroxyl groups is 1. The molecule has 1 aliphatic heterocycles. The van der Waals surface area contributed by atoms with E-state index in [1.807, 2.05) is 36.4 Å². The number of aromatic nitrogens is 2. The van der Waals surface area contributed by atoms with Gasteiger partial charge in [0.15, 0.2) is 0 Å². The predicted octanol–water partition coefficient (Wildman–Crippen LogP) is 4.01. The second-order valence-electron chi connectivity index (χ2n) is 7.76. The molecule has 1 atom stereocenters. The first-order chi connectivity index (χ1) is 16.0. The number of nitrogens with one attached hydrogen (secondary N) is 1. The van der Waals surface area contributed by atoms with E-state index >= 15 is 0 Å². The average molecular weight is 460 g/mol. The summed E-state index contributed by atoms with van der Waals surface area (Å²) in [6.45, 7) is 0. The van der Waals surface area contributed by atoms with Crippen molar-refractivity contribution in [2.75, 3.05) is 17.8 Å². The van der Waals surface area contributed by atoms with Gasteiger partial charge in [0, 0.05) is 12.1 Å². The highest BCUT2D eigenvalue weighted by molar-refractivity contribution is 8.00. The van der Waals surface area contributed by atoms with Gasteiger partial charge in [-0.25, -0.2) is 4.98 Å². The average Bonchev–Trinajstić information content (AvgIpc) is 3.22. The van der Waals surface area contributed by atoms with Gasteiger partial charge >= 0.3 is 0 Å². The van der Waals surface area contributed by atoms with Crippen LogP contribution < -0.4 is 15.2 Å². The molecular formula is C25H21N3O4S. The maximum absolute atomic E-state index is 12.7. The molecule has 1 amide bonds. The van der Waals surface area contributed by atoms with Crippen LogP contribution in [0.3, 0.4) is 0 Å². The number of aromatic amines is 1. The number of thioether (sulfide) groups is 1. The third kappa shape index (κ3) is 4.17. The fraction of sp³-hybridized carbons (Fsp3) is 0.160. The van der Waals surface area contributed by atoms with Crippen LogP contribution in [-0.2, 0) is 11.2 Å². The fourth-order valence-electron chi connectivity index (χ4n) is 3.91. The number of carbonyl (C=O) groups excluding carboxylic acids is 1. The molecule has 33 heavy (non-hydrogen) atoms. The van der Waals surface area contributed by atoms with Crippen molar-refractivity contribution in [2.24, 2.45) is 0 Å². The summed E-state index contributed by atoms with van der Waals surface area (Å²) in [5.41, 5.74) is 3.93. The Hall–Kier alpha value is -3.78. The lowest BCUT2D eigenvalue weighted by molar-refractivity contribution is -0.115. The second-order valence-corrected chi connectivity index (χ2v) is 8.83. The monoisotopic (exact) mass is 459 g/mol. The first-order valence-electron chi connectivity index (χ1n) is 10.4. The molecule has 166 valence electrons. The zero-order valence-corrected chi connectivity index (χ0v) is 18.6. The number of phenols is 1. The Labute approximate surface area is 194 Å². The van der Waals surface area contributed by atoms with Crippen molar-refractivity contribution in [1.29, 1.82) is 0 Å². The molecule has 0 saturated carbocycles.